The maximum atomic E-state index is 2.48. The van der Waals surface area contributed by atoms with Gasteiger partial charge in [-0.15, -0.1) is 0 Å². The minimum atomic E-state index is -0.0912. The normalized spacial score (nSPS) is 12.9. The Labute approximate surface area is 310 Å². The molecule has 9 aromatic rings. The molecule has 0 amide bonds. The molecule has 0 bridgehead atoms. The van der Waals surface area contributed by atoms with Gasteiger partial charge >= 0.3 is 0 Å². The topological polar surface area (TPSA) is 8.17 Å². The van der Waals surface area contributed by atoms with Gasteiger partial charge in [-0.25, -0.2) is 0 Å². The first-order valence-corrected chi connectivity index (χ1v) is 18.5. The van der Waals surface area contributed by atoms with E-state index in [0.29, 0.717) is 0 Å². The van der Waals surface area contributed by atoms with E-state index >= 15 is 0 Å². The summed E-state index contributed by atoms with van der Waals surface area (Å²) in [5.74, 6) is 0. The number of fused-ring (bicyclic) bond motifs is 6. The van der Waals surface area contributed by atoms with Gasteiger partial charge in [-0.2, -0.15) is 0 Å². The molecule has 0 N–H and O–H groups in total. The summed E-state index contributed by atoms with van der Waals surface area (Å²) in [6.45, 7) is 4.72. The first-order chi connectivity index (χ1) is 26.1. The monoisotopic (exact) mass is 678 g/mol. The quantitative estimate of drug-likeness (QED) is 0.170. The lowest BCUT2D eigenvalue weighted by Gasteiger charge is -2.30. The van der Waals surface area contributed by atoms with Crippen molar-refractivity contribution in [1.82, 2.24) is 4.57 Å². The van der Waals surface area contributed by atoms with E-state index in [4.69, 9.17) is 0 Å². The van der Waals surface area contributed by atoms with Gasteiger partial charge in [0.2, 0.25) is 0 Å². The molecular formula is C51H38N2. The predicted molar refractivity (Wildman–Crippen MR) is 224 cm³/mol. The third-order valence-electron chi connectivity index (χ3n) is 11.2. The van der Waals surface area contributed by atoms with Crippen molar-refractivity contribution in [1.29, 1.82) is 0 Å². The highest BCUT2D eigenvalue weighted by molar-refractivity contribution is 6.15. The van der Waals surface area contributed by atoms with Crippen LogP contribution in [-0.4, -0.2) is 4.57 Å². The number of nitrogens with zero attached hydrogens (tertiary/aromatic N) is 2. The smallest absolute Gasteiger partial charge is 0.0782 e. The molecule has 0 radical (unpaired) electrons. The van der Waals surface area contributed by atoms with Crippen LogP contribution in [0.2, 0.25) is 0 Å². The Morgan fingerprint density at radius 2 is 0.981 bits per heavy atom. The minimum Gasteiger partial charge on any atom is -0.308 e. The fraction of sp³-hybridized carbons (Fsp3) is 0.0588. The molecule has 8 aromatic carbocycles. The second-order valence-corrected chi connectivity index (χ2v) is 14.5. The molecule has 1 heterocycles. The maximum absolute atomic E-state index is 2.48. The van der Waals surface area contributed by atoms with Crippen LogP contribution >= 0.6 is 0 Å². The summed E-state index contributed by atoms with van der Waals surface area (Å²) < 4.78 is 2.44. The molecule has 252 valence electrons. The van der Waals surface area contributed by atoms with Crippen LogP contribution in [0.15, 0.2) is 194 Å². The molecule has 0 fully saturated rings. The third-order valence-corrected chi connectivity index (χ3v) is 11.2. The summed E-state index contributed by atoms with van der Waals surface area (Å²) in [4.78, 5) is 2.48. The first kappa shape index (κ1) is 31.1. The number of anilines is 3. The summed E-state index contributed by atoms with van der Waals surface area (Å²) in [6, 6.07) is 70.8. The van der Waals surface area contributed by atoms with Crippen molar-refractivity contribution in [2.24, 2.45) is 0 Å². The average Bonchev–Trinajstić information content (AvgIpc) is 3.68. The van der Waals surface area contributed by atoms with Crippen molar-refractivity contribution in [3.63, 3.8) is 0 Å². The van der Waals surface area contributed by atoms with Gasteiger partial charge in [0.05, 0.1) is 22.4 Å². The number of hydrogen-bond donors (Lipinski definition) is 0. The van der Waals surface area contributed by atoms with E-state index in [-0.39, 0.29) is 5.41 Å². The summed E-state index contributed by atoms with van der Waals surface area (Å²) >= 11 is 0. The summed E-state index contributed by atoms with van der Waals surface area (Å²) in [7, 11) is 0. The Balaban J connectivity index is 1.28. The lowest BCUT2D eigenvalue weighted by Crippen LogP contribution is -2.15. The van der Waals surface area contributed by atoms with E-state index in [1.165, 1.54) is 66.3 Å². The Bertz CT molecular complexity index is 2790. The van der Waals surface area contributed by atoms with E-state index in [2.05, 4.69) is 217 Å². The van der Waals surface area contributed by atoms with E-state index in [9.17, 15) is 0 Å². The predicted octanol–water partition coefficient (Wildman–Crippen LogP) is 13.9. The Morgan fingerprint density at radius 3 is 1.79 bits per heavy atom. The zero-order valence-electron chi connectivity index (χ0n) is 29.9. The Morgan fingerprint density at radius 1 is 0.415 bits per heavy atom. The number of para-hydroxylation sites is 4. The van der Waals surface area contributed by atoms with Crippen molar-refractivity contribution in [2.45, 2.75) is 19.3 Å². The van der Waals surface area contributed by atoms with Crippen LogP contribution in [0.3, 0.4) is 0 Å². The second kappa shape index (κ2) is 12.3. The molecule has 0 spiro atoms. The first-order valence-electron chi connectivity index (χ1n) is 18.5. The van der Waals surface area contributed by atoms with Crippen molar-refractivity contribution < 1.29 is 0 Å². The Hall–Kier alpha value is -6.64. The van der Waals surface area contributed by atoms with Gasteiger partial charge < -0.3 is 9.47 Å². The van der Waals surface area contributed by atoms with Crippen LogP contribution in [0.25, 0.3) is 60.9 Å². The minimum absolute atomic E-state index is 0.0912. The highest BCUT2D eigenvalue weighted by Gasteiger charge is 2.37. The molecule has 0 unspecified atom stereocenters. The summed E-state index contributed by atoms with van der Waals surface area (Å²) in [5, 5.41) is 2.46. The van der Waals surface area contributed by atoms with Crippen molar-refractivity contribution in [2.75, 3.05) is 4.90 Å². The SMILES string of the molecule is CC1(C)c2ccccc2-c2c(-c3ccccc3N(c3ccc(-c4ccccc4)cc3)c3cccc4c5ccccc5n(-c5ccccc5)c34)cccc21. The molecular weight excluding hydrogens is 641 g/mol. The van der Waals surface area contributed by atoms with Gasteiger partial charge in [-0.3, -0.25) is 0 Å². The maximum Gasteiger partial charge on any atom is 0.0782 e. The molecule has 1 aromatic heterocycles. The number of hydrogen-bond acceptors (Lipinski definition) is 1. The van der Waals surface area contributed by atoms with Crippen LogP contribution in [0.5, 0.6) is 0 Å². The van der Waals surface area contributed by atoms with Gasteiger partial charge in [0, 0.05) is 33.1 Å². The molecule has 10 rings (SSSR count). The molecule has 1 aliphatic rings. The van der Waals surface area contributed by atoms with Crippen LogP contribution in [0, 0.1) is 0 Å². The lowest BCUT2D eigenvalue weighted by molar-refractivity contribution is 0.660. The molecule has 0 saturated carbocycles. The molecule has 0 saturated heterocycles. The lowest BCUT2D eigenvalue weighted by atomic mass is 9.82. The van der Waals surface area contributed by atoms with Gasteiger partial charge in [0.25, 0.3) is 0 Å². The zero-order chi connectivity index (χ0) is 35.5. The molecule has 0 atom stereocenters. The van der Waals surface area contributed by atoms with Crippen molar-refractivity contribution >= 4 is 38.9 Å². The zero-order valence-corrected chi connectivity index (χ0v) is 29.9. The number of aromatic nitrogens is 1. The van der Waals surface area contributed by atoms with E-state index in [0.717, 1.165) is 22.7 Å². The van der Waals surface area contributed by atoms with Gasteiger partial charge in [0.1, 0.15) is 0 Å². The van der Waals surface area contributed by atoms with E-state index in [1.807, 2.05) is 0 Å². The van der Waals surface area contributed by atoms with Gasteiger partial charge in [0.15, 0.2) is 0 Å². The van der Waals surface area contributed by atoms with Crippen molar-refractivity contribution in [3.05, 3.63) is 205 Å². The van der Waals surface area contributed by atoms with Gasteiger partial charge in [-0.05, 0) is 81.4 Å². The highest BCUT2D eigenvalue weighted by Crippen LogP contribution is 2.54. The second-order valence-electron chi connectivity index (χ2n) is 14.5. The van der Waals surface area contributed by atoms with E-state index in [1.54, 1.807) is 0 Å². The number of benzene rings is 8. The van der Waals surface area contributed by atoms with Crippen LogP contribution in [-0.2, 0) is 5.41 Å². The van der Waals surface area contributed by atoms with Crippen LogP contribution in [0.1, 0.15) is 25.0 Å². The fourth-order valence-corrected chi connectivity index (χ4v) is 8.74. The molecule has 2 heteroatoms. The standard InChI is InChI=1S/C51H38N2/c1-51(2)44-26-12-9-23-43(44)49-41(24-15-27-45(49)51)39-21-10-13-28-46(39)52(38-33-31-36(32-34-38)35-17-5-3-6-18-35)48-30-16-25-42-40-22-11-14-29-47(40)53(50(42)48)37-19-7-4-8-20-37/h3-34H,1-2H3. The van der Waals surface area contributed by atoms with E-state index < -0.39 is 0 Å². The van der Waals surface area contributed by atoms with Crippen LogP contribution in [0.4, 0.5) is 17.1 Å². The molecule has 1 aliphatic carbocycles. The third kappa shape index (κ3) is 4.87. The Kier molecular flexibility index (Phi) is 7.19. The molecule has 53 heavy (non-hydrogen) atoms. The van der Waals surface area contributed by atoms with Crippen molar-refractivity contribution in [3.8, 4) is 39.1 Å². The molecule has 2 nitrogen and oxygen atoms in total. The molecule has 0 aliphatic heterocycles. The number of rotatable bonds is 6. The van der Waals surface area contributed by atoms with Crippen LogP contribution < -0.4 is 4.90 Å². The van der Waals surface area contributed by atoms with Gasteiger partial charge in [-0.1, -0.05) is 166 Å². The highest BCUT2D eigenvalue weighted by atomic mass is 15.2. The average molecular weight is 679 g/mol. The fourth-order valence-electron chi connectivity index (χ4n) is 8.74. The summed E-state index contributed by atoms with van der Waals surface area (Å²) in [6.07, 6.45) is 0. The largest absolute Gasteiger partial charge is 0.308 e. The summed E-state index contributed by atoms with van der Waals surface area (Å²) in [5.41, 5.74) is 17.0.